The summed E-state index contributed by atoms with van der Waals surface area (Å²) in [6, 6.07) is 5.63. The Morgan fingerprint density at radius 1 is 1.17 bits per heavy atom. The zero-order chi connectivity index (χ0) is 17.1. The van der Waals surface area contributed by atoms with Gasteiger partial charge in [0, 0.05) is 0 Å². The number of ether oxygens (including phenoxy) is 2. The van der Waals surface area contributed by atoms with E-state index in [-0.39, 0.29) is 29.3 Å². The largest absolute Gasteiger partial charge is 0.462 e. The van der Waals surface area contributed by atoms with Crippen LogP contribution in [0.1, 0.15) is 34.0 Å². The Hall–Kier alpha value is -2.76. The van der Waals surface area contributed by atoms with E-state index in [1.54, 1.807) is 13.8 Å². The van der Waals surface area contributed by atoms with Crippen molar-refractivity contribution in [2.24, 2.45) is 0 Å². The van der Waals surface area contributed by atoms with Gasteiger partial charge >= 0.3 is 5.97 Å². The standard InChI is InChI=1S/C17H20N2O4/c1-5-22-17(21)13-14(11(4)16(20)19-15(13)18)23-12-7-9(2)6-10(3)8-12/h6-8H,5H2,1-4H3,(H3,18,19,20). The van der Waals surface area contributed by atoms with Crippen LogP contribution in [-0.2, 0) is 4.74 Å². The van der Waals surface area contributed by atoms with Gasteiger partial charge in [0.1, 0.15) is 17.1 Å². The number of aryl methyl sites for hydroxylation is 2. The topological polar surface area (TPSA) is 94.4 Å². The van der Waals surface area contributed by atoms with Crippen LogP contribution in [0.2, 0.25) is 0 Å². The van der Waals surface area contributed by atoms with Crippen LogP contribution in [0.25, 0.3) is 0 Å². The molecule has 2 rings (SSSR count). The van der Waals surface area contributed by atoms with Gasteiger partial charge in [-0.25, -0.2) is 4.79 Å². The van der Waals surface area contributed by atoms with Crippen molar-refractivity contribution >= 4 is 11.8 Å². The molecule has 0 saturated heterocycles. The van der Waals surface area contributed by atoms with Gasteiger partial charge in [-0.05, 0) is 51.0 Å². The zero-order valence-corrected chi connectivity index (χ0v) is 13.6. The number of aromatic amines is 1. The smallest absolute Gasteiger partial charge is 0.345 e. The number of nitrogens with two attached hydrogens (primary N) is 1. The van der Waals surface area contributed by atoms with Crippen molar-refractivity contribution < 1.29 is 14.3 Å². The number of esters is 1. The predicted octanol–water partition coefficient (Wildman–Crippen LogP) is 2.85. The van der Waals surface area contributed by atoms with E-state index in [4.69, 9.17) is 15.2 Å². The highest BCUT2D eigenvalue weighted by Gasteiger charge is 2.23. The Balaban J connectivity index is 2.59. The number of hydrogen-bond donors (Lipinski definition) is 2. The van der Waals surface area contributed by atoms with Crippen LogP contribution < -0.4 is 16.0 Å². The van der Waals surface area contributed by atoms with Crippen LogP contribution in [0.4, 0.5) is 5.82 Å². The van der Waals surface area contributed by atoms with E-state index in [2.05, 4.69) is 4.98 Å². The number of carbonyl (C=O) groups excluding carboxylic acids is 1. The molecule has 0 saturated carbocycles. The molecule has 0 unspecified atom stereocenters. The molecule has 0 bridgehead atoms. The molecule has 3 N–H and O–H groups in total. The molecular formula is C17H20N2O4. The fraction of sp³-hybridized carbons (Fsp3) is 0.294. The van der Waals surface area contributed by atoms with E-state index in [0.717, 1.165) is 11.1 Å². The Bertz CT molecular complexity index is 789. The molecule has 0 aliphatic carbocycles. The van der Waals surface area contributed by atoms with Gasteiger partial charge in [0.05, 0.1) is 12.2 Å². The Labute approximate surface area is 134 Å². The maximum Gasteiger partial charge on any atom is 0.345 e. The van der Waals surface area contributed by atoms with Crippen molar-refractivity contribution in [3.8, 4) is 11.5 Å². The minimum atomic E-state index is -0.635. The number of nitrogens with one attached hydrogen (secondary N) is 1. The molecule has 0 aliphatic heterocycles. The maximum absolute atomic E-state index is 12.2. The third-order valence-corrected chi connectivity index (χ3v) is 3.32. The van der Waals surface area contributed by atoms with Crippen LogP contribution in [0.15, 0.2) is 23.0 Å². The molecule has 0 spiro atoms. The predicted molar refractivity (Wildman–Crippen MR) is 88.2 cm³/mol. The summed E-state index contributed by atoms with van der Waals surface area (Å²) in [5.41, 5.74) is 7.70. The summed E-state index contributed by atoms with van der Waals surface area (Å²) in [6.07, 6.45) is 0. The van der Waals surface area contributed by atoms with Gasteiger partial charge < -0.3 is 20.2 Å². The first kappa shape index (κ1) is 16.6. The van der Waals surface area contributed by atoms with Gasteiger partial charge in [-0.15, -0.1) is 0 Å². The molecule has 23 heavy (non-hydrogen) atoms. The van der Waals surface area contributed by atoms with Crippen LogP contribution >= 0.6 is 0 Å². The fourth-order valence-electron chi connectivity index (χ4n) is 2.33. The van der Waals surface area contributed by atoms with E-state index in [1.807, 2.05) is 32.0 Å². The second kappa shape index (κ2) is 6.56. The third-order valence-electron chi connectivity index (χ3n) is 3.32. The van der Waals surface area contributed by atoms with Crippen LogP contribution in [0, 0.1) is 20.8 Å². The van der Waals surface area contributed by atoms with Crippen molar-refractivity contribution in [1.29, 1.82) is 0 Å². The summed E-state index contributed by atoms with van der Waals surface area (Å²) in [5, 5.41) is 0. The number of benzene rings is 1. The lowest BCUT2D eigenvalue weighted by atomic mass is 10.1. The molecule has 6 nitrogen and oxygen atoms in total. The number of rotatable bonds is 4. The molecule has 2 aromatic rings. The SMILES string of the molecule is CCOC(=O)c1c(N)[nH]c(=O)c(C)c1Oc1cc(C)cc(C)c1. The molecule has 122 valence electrons. The molecule has 0 atom stereocenters. The highest BCUT2D eigenvalue weighted by molar-refractivity contribution is 5.97. The molecule has 0 aliphatic rings. The van der Waals surface area contributed by atoms with E-state index in [0.29, 0.717) is 5.75 Å². The summed E-state index contributed by atoms with van der Waals surface area (Å²) >= 11 is 0. The summed E-state index contributed by atoms with van der Waals surface area (Å²) in [4.78, 5) is 26.6. The van der Waals surface area contributed by atoms with Gasteiger partial charge in [-0.1, -0.05) is 6.07 Å². The van der Waals surface area contributed by atoms with Crippen LogP contribution in [0.5, 0.6) is 11.5 Å². The molecular weight excluding hydrogens is 296 g/mol. The lowest BCUT2D eigenvalue weighted by Crippen LogP contribution is -2.20. The van der Waals surface area contributed by atoms with Gasteiger partial charge in [0.15, 0.2) is 5.75 Å². The lowest BCUT2D eigenvalue weighted by molar-refractivity contribution is 0.0524. The molecule has 1 aromatic carbocycles. The van der Waals surface area contributed by atoms with E-state index < -0.39 is 11.5 Å². The number of aromatic nitrogens is 1. The number of anilines is 1. The highest BCUT2D eigenvalue weighted by Crippen LogP contribution is 2.31. The molecule has 0 fully saturated rings. The Morgan fingerprint density at radius 3 is 2.35 bits per heavy atom. The maximum atomic E-state index is 12.2. The second-order valence-corrected chi connectivity index (χ2v) is 5.34. The first-order chi connectivity index (χ1) is 10.8. The van der Waals surface area contributed by atoms with Gasteiger partial charge in [-0.3, -0.25) is 4.79 Å². The minimum Gasteiger partial charge on any atom is -0.462 e. The summed E-state index contributed by atoms with van der Waals surface area (Å²) in [5.74, 6) is -0.0574. The first-order valence-electron chi connectivity index (χ1n) is 7.29. The number of carbonyl (C=O) groups is 1. The number of H-pyrrole nitrogens is 1. The quantitative estimate of drug-likeness (QED) is 0.846. The van der Waals surface area contributed by atoms with E-state index in [9.17, 15) is 9.59 Å². The fourth-order valence-corrected chi connectivity index (χ4v) is 2.33. The van der Waals surface area contributed by atoms with Crippen molar-refractivity contribution in [3.63, 3.8) is 0 Å². The number of pyridine rings is 1. The van der Waals surface area contributed by atoms with Crippen LogP contribution in [-0.4, -0.2) is 17.6 Å². The molecule has 0 radical (unpaired) electrons. The highest BCUT2D eigenvalue weighted by atomic mass is 16.5. The molecule has 1 aromatic heterocycles. The normalized spacial score (nSPS) is 10.4. The number of nitrogen functional groups attached to an aromatic ring is 1. The van der Waals surface area contributed by atoms with Gasteiger partial charge in [-0.2, -0.15) is 0 Å². The minimum absolute atomic E-state index is 0.0307. The summed E-state index contributed by atoms with van der Waals surface area (Å²) < 4.78 is 10.8. The average molecular weight is 316 g/mol. The van der Waals surface area contributed by atoms with E-state index >= 15 is 0 Å². The first-order valence-corrected chi connectivity index (χ1v) is 7.29. The lowest BCUT2D eigenvalue weighted by Gasteiger charge is -2.15. The van der Waals surface area contributed by atoms with Crippen molar-refractivity contribution in [2.75, 3.05) is 12.3 Å². The summed E-state index contributed by atoms with van der Waals surface area (Å²) in [6.45, 7) is 7.33. The molecule has 1 heterocycles. The van der Waals surface area contributed by atoms with Crippen LogP contribution in [0.3, 0.4) is 0 Å². The average Bonchev–Trinajstić information content (AvgIpc) is 2.43. The Morgan fingerprint density at radius 2 is 1.78 bits per heavy atom. The van der Waals surface area contributed by atoms with Crippen molar-refractivity contribution in [2.45, 2.75) is 27.7 Å². The zero-order valence-electron chi connectivity index (χ0n) is 13.6. The number of hydrogen-bond acceptors (Lipinski definition) is 5. The second-order valence-electron chi connectivity index (χ2n) is 5.34. The van der Waals surface area contributed by atoms with Crippen molar-refractivity contribution in [1.82, 2.24) is 4.98 Å². The third kappa shape index (κ3) is 3.53. The molecule has 6 heteroatoms. The van der Waals surface area contributed by atoms with Gasteiger partial charge in [0.25, 0.3) is 5.56 Å². The Kier molecular flexibility index (Phi) is 4.74. The van der Waals surface area contributed by atoms with Crippen molar-refractivity contribution in [3.05, 3.63) is 50.8 Å². The molecule has 0 amide bonds. The summed E-state index contributed by atoms with van der Waals surface area (Å²) in [7, 11) is 0. The van der Waals surface area contributed by atoms with Gasteiger partial charge in [0.2, 0.25) is 0 Å². The van der Waals surface area contributed by atoms with E-state index in [1.165, 1.54) is 0 Å². The monoisotopic (exact) mass is 316 g/mol.